The summed E-state index contributed by atoms with van der Waals surface area (Å²) in [6.07, 6.45) is 1.64. The maximum absolute atomic E-state index is 12.2. The number of amides is 1. The number of hydrogen-bond acceptors (Lipinski definition) is 3. The van der Waals surface area contributed by atoms with E-state index in [9.17, 15) is 4.79 Å². The number of nitrogens with two attached hydrogens (primary N) is 1. The first kappa shape index (κ1) is 13.6. The lowest BCUT2D eigenvalue weighted by Gasteiger charge is -2.29. The van der Waals surface area contributed by atoms with E-state index in [-0.39, 0.29) is 11.9 Å². The minimum Gasteiger partial charge on any atom is -0.397 e. The Hall–Kier alpha value is -1.49. The summed E-state index contributed by atoms with van der Waals surface area (Å²) in [6, 6.07) is 1.85. The van der Waals surface area contributed by atoms with Gasteiger partial charge in [0.2, 0.25) is 0 Å². The number of H-pyrrole nitrogens is 1. The van der Waals surface area contributed by atoms with Crippen LogP contribution in [0.5, 0.6) is 0 Å². The maximum atomic E-state index is 12.2. The Morgan fingerprint density at radius 2 is 2.18 bits per heavy atom. The van der Waals surface area contributed by atoms with Gasteiger partial charge in [0.15, 0.2) is 0 Å². The molecule has 0 spiro atoms. The number of aromatic nitrogens is 1. The molecule has 0 saturated carbocycles. The highest BCUT2D eigenvalue weighted by Crippen LogP contribution is 2.10. The molecule has 0 aliphatic rings. The standard InChI is InChI=1S/C12H22N4O/c1-5-16(9(2)8-15(3)4)12(17)11-6-10(13)7-14-11/h6-7,9,14H,5,8,13H2,1-4H3. The fourth-order valence-corrected chi connectivity index (χ4v) is 1.97. The summed E-state index contributed by atoms with van der Waals surface area (Å²) in [5.74, 6) is -0.00134. The lowest BCUT2D eigenvalue weighted by Crippen LogP contribution is -2.43. The molecule has 1 aromatic rings. The van der Waals surface area contributed by atoms with Crippen LogP contribution in [0, 0.1) is 0 Å². The average Bonchev–Trinajstić information content (AvgIpc) is 2.64. The van der Waals surface area contributed by atoms with Gasteiger partial charge in [-0.2, -0.15) is 0 Å². The molecular formula is C12H22N4O. The van der Waals surface area contributed by atoms with Crippen molar-refractivity contribution in [2.45, 2.75) is 19.9 Å². The molecule has 1 rings (SSSR count). The first-order valence-corrected chi connectivity index (χ1v) is 5.85. The van der Waals surface area contributed by atoms with Gasteiger partial charge in [-0.15, -0.1) is 0 Å². The zero-order chi connectivity index (χ0) is 13.0. The molecule has 1 amide bonds. The average molecular weight is 238 g/mol. The molecule has 0 aliphatic heterocycles. The lowest BCUT2D eigenvalue weighted by atomic mass is 10.2. The van der Waals surface area contributed by atoms with Crippen molar-refractivity contribution in [2.24, 2.45) is 0 Å². The van der Waals surface area contributed by atoms with Gasteiger partial charge in [-0.05, 0) is 34.0 Å². The predicted molar refractivity (Wildman–Crippen MR) is 69.9 cm³/mol. The van der Waals surface area contributed by atoms with E-state index in [2.05, 4.69) is 9.88 Å². The second-order valence-corrected chi connectivity index (χ2v) is 4.55. The van der Waals surface area contributed by atoms with Gasteiger partial charge in [-0.3, -0.25) is 4.79 Å². The van der Waals surface area contributed by atoms with Crippen molar-refractivity contribution in [3.05, 3.63) is 18.0 Å². The molecule has 0 radical (unpaired) electrons. The van der Waals surface area contributed by atoms with Crippen molar-refractivity contribution < 1.29 is 4.79 Å². The number of carbonyl (C=O) groups is 1. The van der Waals surface area contributed by atoms with Crippen molar-refractivity contribution in [3.8, 4) is 0 Å². The molecular weight excluding hydrogens is 216 g/mol. The van der Waals surface area contributed by atoms with Crippen LogP contribution in [0.4, 0.5) is 5.69 Å². The molecule has 1 aromatic heterocycles. The van der Waals surface area contributed by atoms with Crippen LogP contribution in [-0.4, -0.2) is 53.9 Å². The molecule has 1 heterocycles. The van der Waals surface area contributed by atoms with Gasteiger partial charge in [0.25, 0.3) is 5.91 Å². The Morgan fingerprint density at radius 1 is 1.53 bits per heavy atom. The quantitative estimate of drug-likeness (QED) is 0.804. The summed E-state index contributed by atoms with van der Waals surface area (Å²) < 4.78 is 0. The lowest BCUT2D eigenvalue weighted by molar-refractivity contribution is 0.0674. The van der Waals surface area contributed by atoms with E-state index in [1.807, 2.05) is 32.8 Å². The van der Waals surface area contributed by atoms with Crippen LogP contribution in [0.3, 0.4) is 0 Å². The van der Waals surface area contributed by atoms with Gasteiger partial charge in [0.05, 0.1) is 0 Å². The van der Waals surface area contributed by atoms with E-state index in [1.165, 1.54) is 0 Å². The largest absolute Gasteiger partial charge is 0.397 e. The van der Waals surface area contributed by atoms with E-state index in [4.69, 9.17) is 5.73 Å². The first-order chi connectivity index (χ1) is 7.95. The highest BCUT2D eigenvalue weighted by molar-refractivity contribution is 5.93. The monoisotopic (exact) mass is 238 g/mol. The Kier molecular flexibility index (Phi) is 4.57. The molecule has 1 atom stereocenters. The normalized spacial score (nSPS) is 12.8. The van der Waals surface area contributed by atoms with Crippen LogP contribution in [0.25, 0.3) is 0 Å². The summed E-state index contributed by atoms with van der Waals surface area (Å²) in [7, 11) is 4.00. The number of hydrogen-bond donors (Lipinski definition) is 2. The number of carbonyl (C=O) groups excluding carboxylic acids is 1. The third kappa shape index (κ3) is 3.49. The van der Waals surface area contributed by atoms with Crippen LogP contribution < -0.4 is 5.73 Å². The fourth-order valence-electron chi connectivity index (χ4n) is 1.97. The zero-order valence-corrected chi connectivity index (χ0v) is 11.0. The van der Waals surface area contributed by atoms with Gasteiger partial charge in [0.1, 0.15) is 5.69 Å². The molecule has 5 nitrogen and oxygen atoms in total. The summed E-state index contributed by atoms with van der Waals surface area (Å²) in [5.41, 5.74) is 6.74. The van der Waals surface area contributed by atoms with Crippen molar-refractivity contribution >= 4 is 11.6 Å². The van der Waals surface area contributed by atoms with Crippen LogP contribution in [0.2, 0.25) is 0 Å². The molecule has 0 aromatic carbocycles. The van der Waals surface area contributed by atoms with E-state index >= 15 is 0 Å². The van der Waals surface area contributed by atoms with E-state index in [0.717, 1.165) is 6.54 Å². The van der Waals surface area contributed by atoms with Crippen molar-refractivity contribution in [1.29, 1.82) is 0 Å². The highest BCUT2D eigenvalue weighted by atomic mass is 16.2. The fraction of sp³-hybridized carbons (Fsp3) is 0.583. The molecule has 0 fully saturated rings. The van der Waals surface area contributed by atoms with Gasteiger partial charge in [-0.1, -0.05) is 0 Å². The third-order valence-electron chi connectivity index (χ3n) is 2.70. The number of nitrogens with zero attached hydrogens (tertiary/aromatic N) is 2. The summed E-state index contributed by atoms with van der Waals surface area (Å²) in [4.78, 5) is 19.0. The maximum Gasteiger partial charge on any atom is 0.270 e. The third-order valence-corrected chi connectivity index (χ3v) is 2.70. The summed E-state index contributed by atoms with van der Waals surface area (Å²) in [6.45, 7) is 5.56. The van der Waals surface area contributed by atoms with E-state index < -0.39 is 0 Å². The molecule has 96 valence electrons. The molecule has 0 saturated heterocycles. The second-order valence-electron chi connectivity index (χ2n) is 4.55. The first-order valence-electron chi connectivity index (χ1n) is 5.85. The number of anilines is 1. The molecule has 17 heavy (non-hydrogen) atoms. The van der Waals surface area contributed by atoms with E-state index in [1.54, 1.807) is 12.3 Å². The Bertz CT molecular complexity index is 372. The van der Waals surface area contributed by atoms with E-state index in [0.29, 0.717) is 17.9 Å². The molecule has 3 N–H and O–H groups in total. The number of likely N-dealkylation sites (N-methyl/N-ethyl adjacent to an activating group) is 2. The smallest absolute Gasteiger partial charge is 0.270 e. The Morgan fingerprint density at radius 3 is 2.59 bits per heavy atom. The summed E-state index contributed by atoms with van der Waals surface area (Å²) in [5, 5.41) is 0. The molecule has 0 bridgehead atoms. The molecule has 0 aliphatic carbocycles. The van der Waals surface area contributed by atoms with Gasteiger partial charge >= 0.3 is 0 Å². The minimum atomic E-state index is -0.00134. The molecule has 5 heteroatoms. The van der Waals surface area contributed by atoms with Crippen molar-refractivity contribution in [1.82, 2.24) is 14.8 Å². The number of rotatable bonds is 5. The van der Waals surface area contributed by atoms with Gasteiger partial charge < -0.3 is 20.5 Å². The number of aromatic amines is 1. The number of nitrogens with one attached hydrogen (secondary N) is 1. The van der Waals surface area contributed by atoms with Crippen molar-refractivity contribution in [2.75, 3.05) is 32.9 Å². The second kappa shape index (κ2) is 5.72. The predicted octanol–water partition coefficient (Wildman–Crippen LogP) is 1.01. The SMILES string of the molecule is CCN(C(=O)c1cc(N)c[nH]1)C(C)CN(C)C. The van der Waals surface area contributed by atoms with Crippen LogP contribution in [0.15, 0.2) is 12.3 Å². The van der Waals surface area contributed by atoms with Gasteiger partial charge in [0, 0.05) is 31.0 Å². The topological polar surface area (TPSA) is 65.4 Å². The molecule has 1 unspecified atom stereocenters. The minimum absolute atomic E-state index is 0.00134. The Labute approximate surface area is 103 Å². The zero-order valence-electron chi connectivity index (χ0n) is 11.0. The van der Waals surface area contributed by atoms with Crippen LogP contribution >= 0.6 is 0 Å². The number of nitrogen functional groups attached to an aromatic ring is 1. The highest BCUT2D eigenvalue weighted by Gasteiger charge is 2.21. The van der Waals surface area contributed by atoms with Gasteiger partial charge in [-0.25, -0.2) is 0 Å². The summed E-state index contributed by atoms with van der Waals surface area (Å²) >= 11 is 0. The Balaban J connectivity index is 2.76. The van der Waals surface area contributed by atoms with Crippen molar-refractivity contribution in [3.63, 3.8) is 0 Å². The van der Waals surface area contributed by atoms with Crippen LogP contribution in [-0.2, 0) is 0 Å². The van der Waals surface area contributed by atoms with Crippen LogP contribution in [0.1, 0.15) is 24.3 Å².